The Balaban J connectivity index is 1.93. The third-order valence-electron chi connectivity index (χ3n) is 5.43. The Morgan fingerprint density at radius 2 is 1.91 bits per heavy atom. The number of rotatable bonds is 5. The first kappa shape index (κ1) is 18.2. The molecule has 0 saturated carbocycles. The first-order chi connectivity index (χ1) is 11.0. The maximum absolute atomic E-state index is 12.8. The number of amides is 2. The van der Waals surface area contributed by atoms with E-state index in [0.29, 0.717) is 26.2 Å². The number of hydrogen-bond donors (Lipinski definition) is 1. The van der Waals surface area contributed by atoms with Crippen molar-refractivity contribution < 1.29 is 19.4 Å². The van der Waals surface area contributed by atoms with Gasteiger partial charge in [0.25, 0.3) is 0 Å². The predicted molar refractivity (Wildman–Crippen MR) is 86.8 cm³/mol. The minimum atomic E-state index is -0.218. The van der Waals surface area contributed by atoms with Crippen LogP contribution in [0.25, 0.3) is 0 Å². The molecule has 0 aromatic carbocycles. The van der Waals surface area contributed by atoms with Crippen molar-refractivity contribution in [3.8, 4) is 0 Å². The molecule has 0 aliphatic carbocycles. The van der Waals surface area contributed by atoms with Gasteiger partial charge in [-0.25, -0.2) is 0 Å². The standard InChI is InChI=1S/C17H30N2O4/c1-14(21)18-9-4-15(5-10-18)16(22)19-8-3-6-17(12-19,13-20)7-11-23-2/h15,20H,3-13H2,1-2H3. The van der Waals surface area contributed by atoms with Crippen LogP contribution in [0.3, 0.4) is 0 Å². The number of methoxy groups -OCH3 is 1. The average Bonchev–Trinajstić information content (AvgIpc) is 2.59. The summed E-state index contributed by atoms with van der Waals surface area (Å²) in [5.74, 6) is 0.304. The Labute approximate surface area is 138 Å². The van der Waals surface area contributed by atoms with E-state index in [1.807, 2.05) is 9.80 Å². The lowest BCUT2D eigenvalue weighted by Gasteiger charge is -2.43. The second-order valence-corrected chi connectivity index (χ2v) is 7.04. The second kappa shape index (κ2) is 8.11. The molecule has 0 spiro atoms. The molecule has 0 aromatic heterocycles. The Kier molecular flexibility index (Phi) is 6.41. The van der Waals surface area contributed by atoms with Crippen molar-refractivity contribution in [3.05, 3.63) is 0 Å². The lowest BCUT2D eigenvalue weighted by molar-refractivity contribution is -0.144. The van der Waals surface area contributed by atoms with Crippen molar-refractivity contribution >= 4 is 11.8 Å². The molecular weight excluding hydrogens is 296 g/mol. The van der Waals surface area contributed by atoms with Gasteiger partial charge in [-0.05, 0) is 32.1 Å². The van der Waals surface area contributed by atoms with Gasteiger partial charge >= 0.3 is 0 Å². The molecule has 6 nitrogen and oxygen atoms in total. The van der Waals surface area contributed by atoms with Crippen LogP contribution in [0, 0.1) is 11.3 Å². The fourth-order valence-electron chi connectivity index (χ4n) is 3.83. The van der Waals surface area contributed by atoms with Crippen molar-refractivity contribution in [3.63, 3.8) is 0 Å². The monoisotopic (exact) mass is 326 g/mol. The first-order valence-corrected chi connectivity index (χ1v) is 8.65. The summed E-state index contributed by atoms with van der Waals surface area (Å²) in [5, 5.41) is 9.84. The third-order valence-corrected chi connectivity index (χ3v) is 5.43. The summed E-state index contributed by atoms with van der Waals surface area (Å²) in [6.45, 7) is 5.04. The highest BCUT2D eigenvalue weighted by molar-refractivity contribution is 5.80. The van der Waals surface area contributed by atoms with Crippen molar-refractivity contribution in [2.75, 3.05) is 46.5 Å². The van der Waals surface area contributed by atoms with Gasteiger partial charge in [0.15, 0.2) is 0 Å². The van der Waals surface area contributed by atoms with E-state index in [1.165, 1.54) is 0 Å². The number of aliphatic hydroxyl groups excluding tert-OH is 1. The maximum atomic E-state index is 12.8. The molecule has 1 atom stereocenters. The summed E-state index contributed by atoms with van der Waals surface area (Å²) in [5.41, 5.74) is -0.218. The van der Waals surface area contributed by atoms with Crippen LogP contribution in [0.2, 0.25) is 0 Å². The lowest BCUT2D eigenvalue weighted by atomic mass is 9.77. The number of carbonyl (C=O) groups is 2. The van der Waals surface area contributed by atoms with E-state index in [0.717, 1.165) is 38.6 Å². The molecule has 2 fully saturated rings. The van der Waals surface area contributed by atoms with Crippen molar-refractivity contribution in [1.82, 2.24) is 9.80 Å². The number of piperidine rings is 2. The predicted octanol–water partition coefficient (Wildman–Crippen LogP) is 0.883. The van der Waals surface area contributed by atoms with Crippen molar-refractivity contribution in [2.24, 2.45) is 11.3 Å². The molecule has 23 heavy (non-hydrogen) atoms. The van der Waals surface area contributed by atoms with Crippen LogP contribution >= 0.6 is 0 Å². The van der Waals surface area contributed by atoms with Crippen LogP contribution in [-0.2, 0) is 14.3 Å². The molecule has 2 aliphatic rings. The normalized spacial score (nSPS) is 26.4. The van der Waals surface area contributed by atoms with Crippen molar-refractivity contribution in [1.29, 1.82) is 0 Å². The first-order valence-electron chi connectivity index (χ1n) is 8.65. The van der Waals surface area contributed by atoms with E-state index in [1.54, 1.807) is 14.0 Å². The molecule has 2 rings (SSSR count). The largest absolute Gasteiger partial charge is 0.396 e. The minimum absolute atomic E-state index is 0.0162. The zero-order valence-electron chi connectivity index (χ0n) is 14.4. The van der Waals surface area contributed by atoms with Crippen LogP contribution in [0.5, 0.6) is 0 Å². The lowest BCUT2D eigenvalue weighted by Crippen LogP contribution is -2.51. The van der Waals surface area contributed by atoms with Crippen LogP contribution in [0.15, 0.2) is 0 Å². The molecule has 1 N–H and O–H groups in total. The van der Waals surface area contributed by atoms with Crippen LogP contribution in [-0.4, -0.2) is 73.2 Å². The Bertz CT molecular complexity index is 421. The summed E-state index contributed by atoms with van der Waals surface area (Å²) in [4.78, 5) is 28.0. The molecule has 2 heterocycles. The van der Waals surface area contributed by atoms with Crippen molar-refractivity contribution in [2.45, 2.75) is 39.0 Å². The van der Waals surface area contributed by atoms with E-state index in [2.05, 4.69) is 0 Å². The van der Waals surface area contributed by atoms with Gasteiger partial charge in [0.05, 0.1) is 6.61 Å². The molecule has 0 bridgehead atoms. The maximum Gasteiger partial charge on any atom is 0.225 e. The fraction of sp³-hybridized carbons (Fsp3) is 0.882. The minimum Gasteiger partial charge on any atom is -0.396 e. The third kappa shape index (κ3) is 4.44. The highest BCUT2D eigenvalue weighted by Crippen LogP contribution is 2.34. The molecule has 1 unspecified atom stereocenters. The summed E-state index contributed by atoms with van der Waals surface area (Å²) >= 11 is 0. The van der Waals surface area contributed by atoms with Gasteiger partial charge < -0.3 is 19.6 Å². The van der Waals surface area contributed by atoms with E-state index >= 15 is 0 Å². The van der Waals surface area contributed by atoms with E-state index in [9.17, 15) is 14.7 Å². The average molecular weight is 326 g/mol. The summed E-state index contributed by atoms with van der Waals surface area (Å²) in [6, 6.07) is 0. The van der Waals surface area contributed by atoms with Gasteiger partial charge in [0.1, 0.15) is 0 Å². The number of aliphatic hydroxyl groups is 1. The van der Waals surface area contributed by atoms with Crippen LogP contribution in [0.1, 0.15) is 39.0 Å². The van der Waals surface area contributed by atoms with Gasteiger partial charge in [0.2, 0.25) is 11.8 Å². The molecule has 0 radical (unpaired) electrons. The zero-order chi connectivity index (χ0) is 16.9. The van der Waals surface area contributed by atoms with E-state index in [4.69, 9.17) is 4.74 Å². The Morgan fingerprint density at radius 1 is 1.22 bits per heavy atom. The Morgan fingerprint density at radius 3 is 2.48 bits per heavy atom. The van der Waals surface area contributed by atoms with Crippen LogP contribution in [0.4, 0.5) is 0 Å². The second-order valence-electron chi connectivity index (χ2n) is 7.04. The number of hydrogen-bond acceptors (Lipinski definition) is 4. The summed E-state index contributed by atoms with van der Waals surface area (Å²) < 4.78 is 5.17. The number of likely N-dealkylation sites (tertiary alicyclic amines) is 2. The summed E-state index contributed by atoms with van der Waals surface area (Å²) in [6.07, 6.45) is 4.16. The molecule has 2 aliphatic heterocycles. The molecular formula is C17H30N2O4. The van der Waals surface area contributed by atoms with Gasteiger partial charge in [-0.1, -0.05) is 0 Å². The highest BCUT2D eigenvalue weighted by atomic mass is 16.5. The van der Waals surface area contributed by atoms with Gasteiger partial charge in [-0.2, -0.15) is 0 Å². The number of nitrogens with zero attached hydrogens (tertiary/aromatic N) is 2. The molecule has 6 heteroatoms. The van der Waals surface area contributed by atoms with E-state index < -0.39 is 0 Å². The quantitative estimate of drug-likeness (QED) is 0.814. The van der Waals surface area contributed by atoms with Gasteiger partial charge in [0, 0.05) is 58.2 Å². The fourth-order valence-corrected chi connectivity index (χ4v) is 3.83. The van der Waals surface area contributed by atoms with Gasteiger partial charge in [-0.15, -0.1) is 0 Å². The Hall–Kier alpha value is -1.14. The molecule has 2 amide bonds. The highest BCUT2D eigenvalue weighted by Gasteiger charge is 2.38. The summed E-state index contributed by atoms with van der Waals surface area (Å²) in [7, 11) is 1.67. The molecule has 0 aromatic rings. The topological polar surface area (TPSA) is 70.1 Å². The molecule has 132 valence electrons. The van der Waals surface area contributed by atoms with E-state index in [-0.39, 0.29) is 29.8 Å². The number of carbonyl (C=O) groups excluding carboxylic acids is 2. The number of ether oxygens (including phenoxy) is 1. The SMILES string of the molecule is COCCC1(CO)CCCN(C(=O)C2CCN(C(C)=O)CC2)C1. The molecule has 2 saturated heterocycles. The zero-order valence-corrected chi connectivity index (χ0v) is 14.4. The smallest absolute Gasteiger partial charge is 0.225 e. The van der Waals surface area contributed by atoms with Gasteiger partial charge in [-0.3, -0.25) is 9.59 Å². The van der Waals surface area contributed by atoms with Crippen LogP contribution < -0.4 is 0 Å².